The molecule has 2 aromatic rings. The van der Waals surface area contributed by atoms with E-state index in [1.807, 2.05) is 6.92 Å². The molecule has 0 saturated heterocycles. The van der Waals surface area contributed by atoms with Gasteiger partial charge in [-0.15, -0.1) is 0 Å². The second-order valence-electron chi connectivity index (χ2n) is 4.04. The monoisotopic (exact) mass is 261 g/mol. The molecule has 0 saturated carbocycles. The molecule has 0 aliphatic carbocycles. The van der Waals surface area contributed by atoms with Crippen LogP contribution in [-0.2, 0) is 0 Å². The second kappa shape index (κ2) is 6.24. The standard InChI is InChI=1S/C14H16FN3O/c1-2-19-14-4-3-10(7-12(14)15)11(8-16)13-9-17-5-6-18-13/h3-7,9,11H,2,8,16H2,1H3. The molecule has 1 aromatic carbocycles. The van der Waals surface area contributed by atoms with E-state index < -0.39 is 0 Å². The van der Waals surface area contributed by atoms with E-state index in [1.165, 1.54) is 6.07 Å². The Bertz CT molecular complexity index is 533. The van der Waals surface area contributed by atoms with Gasteiger partial charge < -0.3 is 10.5 Å². The van der Waals surface area contributed by atoms with Gasteiger partial charge in [0.2, 0.25) is 0 Å². The SMILES string of the molecule is CCOc1ccc(C(CN)c2cnccn2)cc1F. The van der Waals surface area contributed by atoms with Crippen LogP contribution in [0.1, 0.15) is 24.1 Å². The van der Waals surface area contributed by atoms with Gasteiger partial charge in [0.1, 0.15) is 0 Å². The maximum atomic E-state index is 13.8. The van der Waals surface area contributed by atoms with Crippen LogP contribution < -0.4 is 10.5 Å². The Balaban J connectivity index is 2.32. The highest BCUT2D eigenvalue weighted by molar-refractivity contribution is 5.34. The van der Waals surface area contributed by atoms with Gasteiger partial charge in [-0.05, 0) is 24.6 Å². The molecular weight excluding hydrogens is 245 g/mol. The molecular formula is C14H16FN3O. The van der Waals surface area contributed by atoms with Crippen molar-refractivity contribution in [3.63, 3.8) is 0 Å². The van der Waals surface area contributed by atoms with E-state index in [9.17, 15) is 4.39 Å². The number of aromatic nitrogens is 2. The molecule has 4 nitrogen and oxygen atoms in total. The van der Waals surface area contributed by atoms with Crippen molar-refractivity contribution in [2.75, 3.05) is 13.2 Å². The Morgan fingerprint density at radius 1 is 1.37 bits per heavy atom. The zero-order valence-corrected chi connectivity index (χ0v) is 10.7. The van der Waals surface area contributed by atoms with Gasteiger partial charge in [0, 0.05) is 31.1 Å². The number of hydrogen-bond acceptors (Lipinski definition) is 4. The van der Waals surface area contributed by atoms with Gasteiger partial charge in [-0.25, -0.2) is 4.39 Å². The average Bonchev–Trinajstić information content (AvgIpc) is 2.44. The van der Waals surface area contributed by atoms with Crippen molar-refractivity contribution in [3.8, 4) is 5.75 Å². The van der Waals surface area contributed by atoms with E-state index in [2.05, 4.69) is 9.97 Å². The maximum Gasteiger partial charge on any atom is 0.165 e. The van der Waals surface area contributed by atoms with Crippen LogP contribution in [0.15, 0.2) is 36.8 Å². The summed E-state index contributed by atoms with van der Waals surface area (Å²) in [7, 11) is 0. The normalized spacial score (nSPS) is 12.2. The number of nitrogens with zero attached hydrogens (tertiary/aromatic N) is 2. The summed E-state index contributed by atoms with van der Waals surface area (Å²) in [5.41, 5.74) is 7.26. The van der Waals surface area contributed by atoms with Crippen LogP contribution in [0.2, 0.25) is 0 Å². The molecule has 100 valence electrons. The maximum absolute atomic E-state index is 13.8. The fourth-order valence-electron chi connectivity index (χ4n) is 1.92. The minimum Gasteiger partial charge on any atom is -0.491 e. The highest BCUT2D eigenvalue weighted by Gasteiger charge is 2.16. The van der Waals surface area contributed by atoms with Crippen LogP contribution in [0.25, 0.3) is 0 Å². The molecule has 0 aliphatic heterocycles. The van der Waals surface area contributed by atoms with Crippen LogP contribution in [0, 0.1) is 5.82 Å². The molecule has 0 bridgehead atoms. The van der Waals surface area contributed by atoms with E-state index in [4.69, 9.17) is 10.5 Å². The number of hydrogen-bond donors (Lipinski definition) is 1. The number of nitrogens with two attached hydrogens (primary N) is 1. The molecule has 2 N–H and O–H groups in total. The molecule has 1 unspecified atom stereocenters. The zero-order valence-electron chi connectivity index (χ0n) is 10.7. The van der Waals surface area contributed by atoms with Crippen LogP contribution in [0.5, 0.6) is 5.75 Å². The smallest absolute Gasteiger partial charge is 0.165 e. The molecule has 19 heavy (non-hydrogen) atoms. The largest absolute Gasteiger partial charge is 0.491 e. The lowest BCUT2D eigenvalue weighted by Crippen LogP contribution is -2.15. The quantitative estimate of drug-likeness (QED) is 0.895. The van der Waals surface area contributed by atoms with Crippen LogP contribution >= 0.6 is 0 Å². The van der Waals surface area contributed by atoms with Gasteiger partial charge in [-0.2, -0.15) is 0 Å². The summed E-state index contributed by atoms with van der Waals surface area (Å²) in [5.74, 6) is -0.304. The first-order chi connectivity index (χ1) is 9.26. The predicted octanol–water partition coefficient (Wildman–Crippen LogP) is 2.10. The first-order valence-electron chi connectivity index (χ1n) is 6.14. The Kier molecular flexibility index (Phi) is 4.41. The Hall–Kier alpha value is -2.01. The summed E-state index contributed by atoms with van der Waals surface area (Å²) in [4.78, 5) is 8.23. The third-order valence-electron chi connectivity index (χ3n) is 2.83. The lowest BCUT2D eigenvalue weighted by Gasteiger charge is -2.15. The number of benzene rings is 1. The van der Waals surface area contributed by atoms with Gasteiger partial charge >= 0.3 is 0 Å². The van der Waals surface area contributed by atoms with E-state index in [1.54, 1.807) is 30.7 Å². The van der Waals surface area contributed by atoms with E-state index in [0.29, 0.717) is 13.2 Å². The van der Waals surface area contributed by atoms with E-state index in [0.717, 1.165) is 11.3 Å². The molecule has 1 heterocycles. The molecule has 0 aliphatic rings. The average molecular weight is 261 g/mol. The third kappa shape index (κ3) is 3.06. The Labute approximate surface area is 111 Å². The summed E-state index contributed by atoms with van der Waals surface area (Å²) in [6.45, 7) is 2.59. The highest BCUT2D eigenvalue weighted by Crippen LogP contribution is 2.26. The number of halogens is 1. The van der Waals surface area contributed by atoms with Crippen LogP contribution in [-0.4, -0.2) is 23.1 Å². The molecule has 0 spiro atoms. The molecule has 1 aromatic heterocycles. The van der Waals surface area contributed by atoms with Crippen molar-refractivity contribution < 1.29 is 9.13 Å². The van der Waals surface area contributed by atoms with Crippen LogP contribution in [0.3, 0.4) is 0 Å². The lowest BCUT2D eigenvalue weighted by molar-refractivity contribution is 0.321. The second-order valence-corrected chi connectivity index (χ2v) is 4.04. The summed E-state index contributed by atoms with van der Waals surface area (Å²) < 4.78 is 19.0. The topological polar surface area (TPSA) is 61.0 Å². The third-order valence-corrected chi connectivity index (χ3v) is 2.83. The van der Waals surface area contributed by atoms with Crippen molar-refractivity contribution in [2.24, 2.45) is 5.73 Å². The van der Waals surface area contributed by atoms with Crippen molar-refractivity contribution in [2.45, 2.75) is 12.8 Å². The molecule has 0 fully saturated rings. The molecule has 0 radical (unpaired) electrons. The van der Waals surface area contributed by atoms with Gasteiger partial charge in [0.25, 0.3) is 0 Å². The molecule has 2 rings (SSSR count). The summed E-state index contributed by atoms with van der Waals surface area (Å²) >= 11 is 0. The minimum atomic E-state index is -0.387. The summed E-state index contributed by atoms with van der Waals surface area (Å²) in [6.07, 6.45) is 4.84. The first-order valence-corrected chi connectivity index (χ1v) is 6.14. The van der Waals surface area contributed by atoms with Crippen molar-refractivity contribution in [3.05, 3.63) is 53.9 Å². The zero-order chi connectivity index (χ0) is 13.7. The van der Waals surface area contributed by atoms with Gasteiger partial charge in [-0.3, -0.25) is 9.97 Å². The van der Waals surface area contributed by atoms with Gasteiger partial charge in [-0.1, -0.05) is 6.07 Å². The minimum absolute atomic E-state index is 0.168. The van der Waals surface area contributed by atoms with Gasteiger partial charge in [0.05, 0.1) is 12.3 Å². The molecule has 0 amide bonds. The lowest BCUT2D eigenvalue weighted by atomic mass is 9.96. The fraction of sp³-hybridized carbons (Fsp3) is 0.286. The van der Waals surface area contributed by atoms with Gasteiger partial charge in [0.15, 0.2) is 11.6 Å². The Morgan fingerprint density at radius 3 is 2.79 bits per heavy atom. The van der Waals surface area contributed by atoms with E-state index in [-0.39, 0.29) is 17.5 Å². The first kappa shape index (κ1) is 13.4. The fourth-order valence-corrected chi connectivity index (χ4v) is 1.92. The Morgan fingerprint density at radius 2 is 2.21 bits per heavy atom. The number of rotatable bonds is 5. The summed E-state index contributed by atoms with van der Waals surface area (Å²) in [6, 6.07) is 4.87. The van der Waals surface area contributed by atoms with E-state index >= 15 is 0 Å². The van der Waals surface area contributed by atoms with Crippen LogP contribution in [0.4, 0.5) is 4.39 Å². The highest BCUT2D eigenvalue weighted by atomic mass is 19.1. The molecule has 5 heteroatoms. The van der Waals surface area contributed by atoms with Crippen molar-refractivity contribution >= 4 is 0 Å². The molecule has 1 atom stereocenters. The van der Waals surface area contributed by atoms with Crippen molar-refractivity contribution in [1.29, 1.82) is 0 Å². The summed E-state index contributed by atoms with van der Waals surface area (Å²) in [5, 5.41) is 0. The number of ether oxygens (including phenoxy) is 1. The van der Waals surface area contributed by atoms with Crippen molar-refractivity contribution in [1.82, 2.24) is 9.97 Å². The predicted molar refractivity (Wildman–Crippen MR) is 70.5 cm³/mol.